The lowest BCUT2D eigenvalue weighted by Gasteiger charge is -2.15. The maximum Gasteiger partial charge on any atom is 0.336 e. The lowest BCUT2D eigenvalue weighted by Crippen LogP contribution is -2.27. The van der Waals surface area contributed by atoms with E-state index in [2.05, 4.69) is 30.5 Å². The summed E-state index contributed by atoms with van der Waals surface area (Å²) in [5.74, 6) is 0.184. The second-order valence-electron chi connectivity index (χ2n) is 7.60. The van der Waals surface area contributed by atoms with Crippen LogP contribution in [-0.4, -0.2) is 26.2 Å². The Morgan fingerprint density at radius 1 is 1.17 bits per heavy atom. The van der Waals surface area contributed by atoms with E-state index in [0.29, 0.717) is 42.4 Å². The van der Waals surface area contributed by atoms with E-state index in [1.165, 1.54) is 11.6 Å². The van der Waals surface area contributed by atoms with E-state index in [-0.39, 0.29) is 11.5 Å². The van der Waals surface area contributed by atoms with E-state index in [1.807, 2.05) is 31.2 Å². The zero-order valence-electron chi connectivity index (χ0n) is 17.9. The van der Waals surface area contributed by atoms with Crippen molar-refractivity contribution in [1.82, 2.24) is 5.32 Å². The fourth-order valence-corrected chi connectivity index (χ4v) is 3.55. The molecule has 0 bridgehead atoms. The van der Waals surface area contributed by atoms with Crippen LogP contribution >= 0.6 is 0 Å². The molecule has 30 heavy (non-hydrogen) atoms. The summed E-state index contributed by atoms with van der Waals surface area (Å²) >= 11 is 0. The number of aryl methyl sites for hydroxylation is 1. The number of carbonyl (C=O) groups excluding carboxylic acids is 1. The minimum Gasteiger partial charge on any atom is -0.423 e. The highest BCUT2D eigenvalue weighted by Crippen LogP contribution is 2.27. The lowest BCUT2D eigenvalue weighted by atomic mass is 9.95. The van der Waals surface area contributed by atoms with Gasteiger partial charge in [0.2, 0.25) is 0 Å². The van der Waals surface area contributed by atoms with Crippen LogP contribution in [0, 0.1) is 6.92 Å². The second-order valence-corrected chi connectivity index (χ2v) is 7.60. The normalized spacial score (nSPS) is 11.1. The van der Waals surface area contributed by atoms with Gasteiger partial charge in [0.25, 0.3) is 5.91 Å². The molecule has 0 fully saturated rings. The first kappa shape index (κ1) is 21.6. The maximum absolute atomic E-state index is 12.5. The molecule has 6 nitrogen and oxygen atoms in total. The van der Waals surface area contributed by atoms with Crippen LogP contribution in [0.2, 0.25) is 0 Å². The van der Waals surface area contributed by atoms with E-state index in [1.54, 1.807) is 13.2 Å². The van der Waals surface area contributed by atoms with E-state index < -0.39 is 0 Å². The summed E-state index contributed by atoms with van der Waals surface area (Å²) in [4.78, 5) is 24.6. The SMILES string of the molecule is COCCNC(=O)c1ccccc1NCc1cc(=O)oc2cc(C)c(C(C)C)cc12. The van der Waals surface area contributed by atoms with Gasteiger partial charge in [-0.25, -0.2) is 4.79 Å². The molecule has 0 aliphatic carbocycles. The molecule has 0 aliphatic heterocycles. The van der Waals surface area contributed by atoms with E-state index in [4.69, 9.17) is 9.15 Å². The Balaban J connectivity index is 1.90. The topological polar surface area (TPSA) is 80.6 Å². The van der Waals surface area contributed by atoms with Gasteiger partial charge in [-0.1, -0.05) is 26.0 Å². The number of fused-ring (bicyclic) bond motifs is 1. The predicted octanol–water partition coefficient (Wildman–Crippen LogP) is 4.21. The van der Waals surface area contributed by atoms with Crippen LogP contribution in [0.5, 0.6) is 0 Å². The van der Waals surface area contributed by atoms with Crippen LogP contribution in [0.25, 0.3) is 11.0 Å². The molecule has 2 aromatic carbocycles. The van der Waals surface area contributed by atoms with Crippen molar-refractivity contribution in [2.24, 2.45) is 0 Å². The molecule has 0 atom stereocenters. The summed E-state index contributed by atoms with van der Waals surface area (Å²) in [5.41, 5.74) is 4.58. The van der Waals surface area contributed by atoms with Crippen molar-refractivity contribution in [3.8, 4) is 0 Å². The fourth-order valence-electron chi connectivity index (χ4n) is 3.55. The minimum atomic E-state index is -0.387. The number of hydrogen-bond donors (Lipinski definition) is 2. The van der Waals surface area contributed by atoms with Crippen LogP contribution in [-0.2, 0) is 11.3 Å². The number of carbonyl (C=O) groups is 1. The molecule has 158 valence electrons. The third-order valence-corrected chi connectivity index (χ3v) is 5.07. The van der Waals surface area contributed by atoms with Gasteiger partial charge in [-0.05, 0) is 53.8 Å². The molecule has 0 spiro atoms. The van der Waals surface area contributed by atoms with Crippen LogP contribution in [0.15, 0.2) is 51.7 Å². The van der Waals surface area contributed by atoms with Crippen molar-refractivity contribution in [3.63, 3.8) is 0 Å². The molecule has 1 heterocycles. The molecule has 0 unspecified atom stereocenters. The standard InChI is InChI=1S/C24H28N2O4/c1-15(2)19-13-20-17(12-23(27)30-22(20)11-16(19)3)14-26-21-8-6-5-7-18(21)24(28)25-9-10-29-4/h5-8,11-13,15,26H,9-10,14H2,1-4H3,(H,25,28). The Labute approximate surface area is 176 Å². The van der Waals surface area contributed by atoms with Gasteiger partial charge >= 0.3 is 5.63 Å². The van der Waals surface area contributed by atoms with Gasteiger partial charge < -0.3 is 19.8 Å². The van der Waals surface area contributed by atoms with Crippen molar-refractivity contribution >= 4 is 22.6 Å². The Morgan fingerprint density at radius 2 is 1.93 bits per heavy atom. The van der Waals surface area contributed by atoms with Gasteiger partial charge in [-0.2, -0.15) is 0 Å². The van der Waals surface area contributed by atoms with E-state index >= 15 is 0 Å². The third-order valence-electron chi connectivity index (χ3n) is 5.07. The molecule has 1 aromatic heterocycles. The van der Waals surface area contributed by atoms with Crippen LogP contribution in [0.1, 0.15) is 46.8 Å². The molecular weight excluding hydrogens is 380 g/mol. The number of benzene rings is 2. The smallest absolute Gasteiger partial charge is 0.336 e. The molecule has 1 amide bonds. The lowest BCUT2D eigenvalue weighted by molar-refractivity contribution is 0.0938. The fraction of sp³-hybridized carbons (Fsp3) is 0.333. The van der Waals surface area contributed by atoms with Crippen molar-refractivity contribution in [1.29, 1.82) is 0 Å². The average molecular weight is 408 g/mol. The third kappa shape index (κ3) is 4.89. The number of rotatable bonds is 8. The number of hydrogen-bond acceptors (Lipinski definition) is 5. The summed E-state index contributed by atoms with van der Waals surface area (Å²) in [6.45, 7) is 7.59. The van der Waals surface area contributed by atoms with Crippen LogP contribution in [0.4, 0.5) is 5.69 Å². The first-order chi connectivity index (χ1) is 14.4. The van der Waals surface area contributed by atoms with Gasteiger partial charge in [-0.3, -0.25) is 4.79 Å². The monoisotopic (exact) mass is 408 g/mol. The maximum atomic E-state index is 12.5. The highest BCUT2D eigenvalue weighted by Gasteiger charge is 2.13. The summed E-state index contributed by atoms with van der Waals surface area (Å²) in [5, 5.41) is 7.05. The number of para-hydroxylation sites is 1. The van der Waals surface area contributed by atoms with Gasteiger partial charge in [0.15, 0.2) is 0 Å². The number of amides is 1. The molecule has 0 saturated carbocycles. The molecule has 0 radical (unpaired) electrons. The second kappa shape index (κ2) is 9.59. The molecule has 3 rings (SSSR count). The molecule has 2 N–H and O–H groups in total. The van der Waals surface area contributed by atoms with E-state index in [0.717, 1.165) is 16.5 Å². The van der Waals surface area contributed by atoms with Crippen LogP contribution in [0.3, 0.4) is 0 Å². The summed E-state index contributed by atoms with van der Waals surface area (Å²) < 4.78 is 10.4. The largest absolute Gasteiger partial charge is 0.423 e. The number of ether oxygens (including phenoxy) is 1. The van der Waals surface area contributed by atoms with Gasteiger partial charge in [0.05, 0.1) is 12.2 Å². The number of anilines is 1. The molecule has 0 saturated heterocycles. The van der Waals surface area contributed by atoms with Gasteiger partial charge in [0.1, 0.15) is 5.58 Å². The number of nitrogens with one attached hydrogen (secondary N) is 2. The Bertz CT molecular complexity index is 1100. The average Bonchev–Trinajstić information content (AvgIpc) is 2.71. The first-order valence-electron chi connectivity index (χ1n) is 10.1. The zero-order chi connectivity index (χ0) is 21.7. The van der Waals surface area contributed by atoms with Crippen molar-refractivity contribution < 1.29 is 13.9 Å². The van der Waals surface area contributed by atoms with Gasteiger partial charge in [0, 0.05) is 37.3 Å². The molecule has 3 aromatic rings. The quantitative estimate of drug-likeness (QED) is 0.431. The van der Waals surface area contributed by atoms with E-state index in [9.17, 15) is 9.59 Å². The van der Waals surface area contributed by atoms with Crippen LogP contribution < -0.4 is 16.3 Å². The number of methoxy groups -OCH3 is 1. The molecular formula is C24H28N2O4. The Kier molecular flexibility index (Phi) is 6.90. The van der Waals surface area contributed by atoms with Crippen molar-refractivity contribution in [2.45, 2.75) is 33.2 Å². The summed E-state index contributed by atoms with van der Waals surface area (Å²) in [6.07, 6.45) is 0. The zero-order valence-corrected chi connectivity index (χ0v) is 17.9. The van der Waals surface area contributed by atoms with Gasteiger partial charge in [-0.15, -0.1) is 0 Å². The Morgan fingerprint density at radius 3 is 2.67 bits per heavy atom. The van der Waals surface area contributed by atoms with Crippen molar-refractivity contribution in [3.05, 3.63) is 75.1 Å². The minimum absolute atomic E-state index is 0.176. The highest BCUT2D eigenvalue weighted by atomic mass is 16.5. The predicted molar refractivity (Wildman–Crippen MR) is 119 cm³/mol. The molecule has 0 aliphatic rings. The first-order valence-corrected chi connectivity index (χ1v) is 10.1. The Hall–Kier alpha value is -3.12. The molecule has 6 heteroatoms. The summed E-state index contributed by atoms with van der Waals surface area (Å²) in [6, 6.07) is 12.8. The summed E-state index contributed by atoms with van der Waals surface area (Å²) in [7, 11) is 1.59. The highest BCUT2D eigenvalue weighted by molar-refractivity contribution is 5.99. The van der Waals surface area contributed by atoms with Crippen molar-refractivity contribution in [2.75, 3.05) is 25.6 Å².